The first kappa shape index (κ1) is 17.0. The molecule has 1 aromatic rings. The number of hydrogen-bond acceptors (Lipinski definition) is 6. The number of ether oxygens (including phenoxy) is 2. The molecule has 0 saturated carbocycles. The molecule has 0 aliphatic carbocycles. The standard InChI is InChI=1S/C10H14ClNO6S2/c1-17-5-6-19(13,14)12-9-7-8(20(11,15)16)3-4-10(9)18-2/h3-4,7,12H,5-6H2,1-2H3. The molecule has 0 heterocycles. The number of rotatable bonds is 7. The summed E-state index contributed by atoms with van der Waals surface area (Å²) in [5.74, 6) is -0.0973. The molecule has 1 rings (SSSR count). The molecule has 0 aliphatic heterocycles. The minimum atomic E-state index is -3.97. The monoisotopic (exact) mass is 343 g/mol. The van der Waals surface area contributed by atoms with Crippen molar-refractivity contribution in [2.75, 3.05) is 31.3 Å². The lowest BCUT2D eigenvalue weighted by atomic mass is 10.3. The van der Waals surface area contributed by atoms with Gasteiger partial charge in [0.1, 0.15) is 5.75 Å². The minimum Gasteiger partial charge on any atom is -0.495 e. The third kappa shape index (κ3) is 4.82. The Bertz CT molecular complexity index is 671. The van der Waals surface area contributed by atoms with Crippen LogP contribution in [0.25, 0.3) is 0 Å². The summed E-state index contributed by atoms with van der Waals surface area (Å²) in [6.45, 7) is 0.00510. The quantitative estimate of drug-likeness (QED) is 0.742. The van der Waals surface area contributed by atoms with Gasteiger partial charge in [-0.3, -0.25) is 4.72 Å². The van der Waals surface area contributed by atoms with Gasteiger partial charge in [0.25, 0.3) is 9.05 Å². The predicted octanol–water partition coefficient (Wildman–Crippen LogP) is 1.01. The van der Waals surface area contributed by atoms with Crippen molar-refractivity contribution >= 4 is 35.4 Å². The summed E-state index contributed by atoms with van der Waals surface area (Å²) in [5.41, 5.74) is -0.00896. The first-order valence-electron chi connectivity index (χ1n) is 5.32. The molecular weight excluding hydrogens is 330 g/mol. The van der Waals surface area contributed by atoms with E-state index in [0.717, 1.165) is 6.07 Å². The largest absolute Gasteiger partial charge is 0.495 e. The highest BCUT2D eigenvalue weighted by atomic mass is 35.7. The summed E-state index contributed by atoms with van der Waals surface area (Å²) in [6, 6.07) is 3.61. The zero-order chi connectivity index (χ0) is 15.4. The van der Waals surface area contributed by atoms with Crippen molar-refractivity contribution in [3.8, 4) is 5.75 Å². The number of anilines is 1. The van der Waals surface area contributed by atoms with Crippen LogP contribution in [0.3, 0.4) is 0 Å². The smallest absolute Gasteiger partial charge is 0.261 e. The SMILES string of the molecule is COCCS(=O)(=O)Nc1cc(S(=O)(=O)Cl)ccc1OC. The summed E-state index contributed by atoms with van der Waals surface area (Å²) < 4.78 is 57.9. The second-order valence-corrected chi connectivity index (χ2v) is 8.12. The Hall–Kier alpha value is -1.03. The van der Waals surface area contributed by atoms with Crippen LogP contribution in [-0.4, -0.2) is 43.4 Å². The molecule has 0 spiro atoms. The maximum Gasteiger partial charge on any atom is 0.261 e. The first-order valence-corrected chi connectivity index (χ1v) is 9.28. The summed E-state index contributed by atoms with van der Waals surface area (Å²) in [7, 11) is 0.267. The Balaban J connectivity index is 3.16. The third-order valence-electron chi connectivity index (χ3n) is 2.27. The van der Waals surface area contributed by atoms with Crippen molar-refractivity contribution < 1.29 is 26.3 Å². The summed E-state index contributed by atoms with van der Waals surface area (Å²) in [4.78, 5) is -0.232. The molecule has 0 amide bonds. The van der Waals surface area contributed by atoms with Crippen LogP contribution in [-0.2, 0) is 23.8 Å². The van der Waals surface area contributed by atoms with Crippen LogP contribution in [0.4, 0.5) is 5.69 Å². The maximum atomic E-state index is 11.8. The van der Waals surface area contributed by atoms with Gasteiger partial charge in [0, 0.05) is 17.8 Å². The summed E-state index contributed by atoms with van der Waals surface area (Å²) in [5, 5.41) is 0. The Morgan fingerprint density at radius 2 is 1.85 bits per heavy atom. The molecule has 7 nitrogen and oxygen atoms in total. The molecule has 0 fully saturated rings. The van der Waals surface area contributed by atoms with Crippen molar-refractivity contribution in [2.24, 2.45) is 0 Å². The average Bonchev–Trinajstić information content (AvgIpc) is 2.35. The van der Waals surface area contributed by atoms with E-state index in [4.69, 9.17) is 15.4 Å². The minimum absolute atomic E-state index is 0.00510. The maximum absolute atomic E-state index is 11.8. The Morgan fingerprint density at radius 1 is 1.20 bits per heavy atom. The van der Waals surface area contributed by atoms with Crippen LogP contribution in [0, 0.1) is 0 Å². The molecular formula is C10H14ClNO6S2. The fourth-order valence-corrected chi connectivity index (χ4v) is 3.09. The molecule has 0 atom stereocenters. The van der Waals surface area contributed by atoms with Crippen molar-refractivity contribution in [1.82, 2.24) is 0 Å². The van der Waals surface area contributed by atoms with E-state index in [2.05, 4.69) is 9.46 Å². The molecule has 0 unspecified atom stereocenters. The molecule has 0 aromatic heterocycles. The highest BCUT2D eigenvalue weighted by Crippen LogP contribution is 2.29. The van der Waals surface area contributed by atoms with Gasteiger partial charge < -0.3 is 9.47 Å². The van der Waals surface area contributed by atoms with Gasteiger partial charge in [-0.05, 0) is 18.2 Å². The van der Waals surface area contributed by atoms with Crippen molar-refractivity contribution in [3.63, 3.8) is 0 Å². The van der Waals surface area contributed by atoms with Gasteiger partial charge >= 0.3 is 0 Å². The number of sulfonamides is 1. The number of benzene rings is 1. The van der Waals surface area contributed by atoms with E-state index in [-0.39, 0.29) is 28.7 Å². The molecule has 20 heavy (non-hydrogen) atoms. The normalized spacial score (nSPS) is 12.2. The second kappa shape index (κ2) is 6.61. The molecule has 0 aliphatic rings. The van der Waals surface area contributed by atoms with Crippen molar-refractivity contribution in [2.45, 2.75) is 4.90 Å². The fourth-order valence-electron chi connectivity index (χ4n) is 1.33. The van der Waals surface area contributed by atoms with E-state index in [1.165, 1.54) is 26.4 Å². The van der Waals surface area contributed by atoms with Gasteiger partial charge in [-0.15, -0.1) is 0 Å². The topological polar surface area (TPSA) is 98.8 Å². The lowest BCUT2D eigenvalue weighted by Gasteiger charge is -2.12. The predicted molar refractivity (Wildman–Crippen MR) is 75.3 cm³/mol. The van der Waals surface area contributed by atoms with E-state index in [0.29, 0.717) is 0 Å². The van der Waals surface area contributed by atoms with Gasteiger partial charge in [-0.25, -0.2) is 16.8 Å². The van der Waals surface area contributed by atoms with Gasteiger partial charge in [-0.1, -0.05) is 0 Å². The van der Waals surface area contributed by atoms with E-state index in [1.54, 1.807) is 0 Å². The number of methoxy groups -OCH3 is 2. The highest BCUT2D eigenvalue weighted by molar-refractivity contribution is 8.13. The highest BCUT2D eigenvalue weighted by Gasteiger charge is 2.17. The Kier molecular flexibility index (Phi) is 5.63. The molecule has 114 valence electrons. The van der Waals surface area contributed by atoms with Gasteiger partial charge in [0.2, 0.25) is 10.0 Å². The molecule has 0 bridgehead atoms. The van der Waals surface area contributed by atoms with Crippen LogP contribution in [0.5, 0.6) is 5.75 Å². The lowest BCUT2D eigenvalue weighted by molar-refractivity contribution is 0.217. The van der Waals surface area contributed by atoms with Crippen LogP contribution >= 0.6 is 10.7 Å². The number of halogens is 1. The molecule has 0 radical (unpaired) electrons. The molecule has 1 aromatic carbocycles. The van der Waals surface area contributed by atoms with Crippen LogP contribution in [0.2, 0.25) is 0 Å². The van der Waals surface area contributed by atoms with Gasteiger partial charge in [0.15, 0.2) is 0 Å². The average molecular weight is 344 g/mol. The summed E-state index contributed by atoms with van der Waals surface area (Å²) >= 11 is 0. The fraction of sp³-hybridized carbons (Fsp3) is 0.400. The van der Waals surface area contributed by atoms with Crippen LogP contribution in [0.15, 0.2) is 23.1 Å². The van der Waals surface area contributed by atoms with Crippen LogP contribution in [0.1, 0.15) is 0 Å². The zero-order valence-corrected chi connectivity index (χ0v) is 13.2. The number of hydrogen-bond donors (Lipinski definition) is 1. The van der Waals surface area contributed by atoms with E-state index < -0.39 is 19.1 Å². The Morgan fingerprint density at radius 3 is 2.35 bits per heavy atom. The Labute approximate surface area is 122 Å². The van der Waals surface area contributed by atoms with E-state index in [9.17, 15) is 16.8 Å². The van der Waals surface area contributed by atoms with Crippen molar-refractivity contribution in [1.29, 1.82) is 0 Å². The van der Waals surface area contributed by atoms with Crippen LogP contribution < -0.4 is 9.46 Å². The van der Waals surface area contributed by atoms with Gasteiger partial charge in [-0.2, -0.15) is 0 Å². The zero-order valence-electron chi connectivity index (χ0n) is 10.8. The van der Waals surface area contributed by atoms with E-state index >= 15 is 0 Å². The molecule has 10 heteroatoms. The van der Waals surface area contributed by atoms with Gasteiger partial charge in [0.05, 0.1) is 30.1 Å². The summed E-state index contributed by atoms with van der Waals surface area (Å²) in [6.07, 6.45) is 0. The van der Waals surface area contributed by atoms with E-state index in [1.807, 2.05) is 0 Å². The third-order valence-corrected chi connectivity index (χ3v) is 4.86. The molecule has 1 N–H and O–H groups in total. The number of nitrogens with one attached hydrogen (secondary N) is 1. The first-order chi connectivity index (χ1) is 9.19. The lowest BCUT2D eigenvalue weighted by Crippen LogP contribution is -2.20. The molecule has 0 saturated heterocycles. The van der Waals surface area contributed by atoms with Crippen molar-refractivity contribution in [3.05, 3.63) is 18.2 Å². The second-order valence-electron chi connectivity index (χ2n) is 3.71.